The molecule has 2 heterocycles. The van der Waals surface area contributed by atoms with Crippen LogP contribution >= 0.6 is 0 Å². The molecule has 96 valence electrons. The summed E-state index contributed by atoms with van der Waals surface area (Å²) >= 11 is 0. The first-order chi connectivity index (χ1) is 8.56. The van der Waals surface area contributed by atoms with Crippen molar-refractivity contribution in [3.63, 3.8) is 0 Å². The van der Waals surface area contributed by atoms with Gasteiger partial charge in [0.05, 0.1) is 18.8 Å². The van der Waals surface area contributed by atoms with E-state index in [0.717, 1.165) is 0 Å². The summed E-state index contributed by atoms with van der Waals surface area (Å²) in [6.45, 7) is 3.88. The van der Waals surface area contributed by atoms with Gasteiger partial charge in [0.1, 0.15) is 5.52 Å². The summed E-state index contributed by atoms with van der Waals surface area (Å²) in [6.07, 6.45) is 3.22. The molecule has 0 aliphatic heterocycles. The molecule has 7 heteroatoms. The van der Waals surface area contributed by atoms with Crippen molar-refractivity contribution >= 4 is 23.5 Å². The number of ether oxygens (including phenoxy) is 1. The predicted molar refractivity (Wildman–Crippen MR) is 69.3 cm³/mol. The number of nitrogens with zero attached hydrogens (tertiary/aromatic N) is 5. The van der Waals surface area contributed by atoms with Crippen LogP contribution in [0.15, 0.2) is 11.3 Å². The van der Waals surface area contributed by atoms with E-state index < -0.39 is 0 Å². The molecule has 0 bridgehead atoms. The van der Waals surface area contributed by atoms with Crippen LogP contribution in [0.4, 0.5) is 5.95 Å². The second kappa shape index (κ2) is 4.99. The van der Waals surface area contributed by atoms with E-state index in [-0.39, 0.29) is 6.10 Å². The van der Waals surface area contributed by atoms with Crippen molar-refractivity contribution in [2.45, 2.75) is 20.0 Å². The first-order valence-electron chi connectivity index (χ1n) is 5.64. The van der Waals surface area contributed by atoms with E-state index in [1.807, 2.05) is 27.9 Å². The van der Waals surface area contributed by atoms with Gasteiger partial charge in [0.2, 0.25) is 5.88 Å². The minimum atomic E-state index is 0.0251. The molecule has 0 saturated heterocycles. The Labute approximate surface area is 105 Å². The molecule has 0 saturated carbocycles. The van der Waals surface area contributed by atoms with Crippen molar-refractivity contribution < 1.29 is 4.74 Å². The fourth-order valence-corrected chi connectivity index (χ4v) is 1.33. The van der Waals surface area contributed by atoms with Crippen molar-refractivity contribution in [1.82, 2.24) is 24.8 Å². The maximum Gasteiger partial charge on any atom is 0.256 e. The molecule has 0 unspecified atom stereocenters. The molecule has 0 aliphatic carbocycles. The van der Waals surface area contributed by atoms with Gasteiger partial charge in [0.15, 0.2) is 5.65 Å². The molecule has 1 N–H and O–H groups in total. The zero-order chi connectivity index (χ0) is 13.1. The molecule has 2 rings (SSSR count). The average Bonchev–Trinajstić information content (AvgIpc) is 2.73. The lowest BCUT2D eigenvalue weighted by molar-refractivity contribution is 0.235. The number of rotatable bonds is 4. The van der Waals surface area contributed by atoms with E-state index in [4.69, 9.17) is 4.74 Å². The lowest BCUT2D eigenvalue weighted by Gasteiger charge is -2.09. The third-order valence-corrected chi connectivity index (χ3v) is 1.99. The summed E-state index contributed by atoms with van der Waals surface area (Å²) in [4.78, 5) is 21.5. The van der Waals surface area contributed by atoms with Gasteiger partial charge >= 0.3 is 0 Å². The first kappa shape index (κ1) is 12.3. The molecule has 0 radical (unpaired) electrons. The fourth-order valence-electron chi connectivity index (χ4n) is 1.33. The van der Waals surface area contributed by atoms with Crippen molar-refractivity contribution in [3.05, 3.63) is 6.33 Å². The quantitative estimate of drug-likeness (QED) is 0.652. The van der Waals surface area contributed by atoms with Gasteiger partial charge < -0.3 is 14.6 Å². The van der Waals surface area contributed by atoms with Crippen LogP contribution in [0.25, 0.3) is 11.2 Å². The molecule has 2 aromatic rings. The van der Waals surface area contributed by atoms with Crippen molar-refractivity contribution in [2.24, 2.45) is 4.99 Å². The number of nitrogens with one attached hydrogen (secondary N) is 1. The monoisotopic (exact) mass is 248 g/mol. The van der Waals surface area contributed by atoms with Crippen LogP contribution in [-0.4, -0.2) is 51.4 Å². The highest BCUT2D eigenvalue weighted by Crippen LogP contribution is 2.22. The fraction of sp³-hybridized carbons (Fsp3) is 0.455. The molecule has 7 nitrogen and oxygen atoms in total. The average molecular weight is 248 g/mol. The second-order valence-corrected chi connectivity index (χ2v) is 4.30. The SMILES string of the molecule is CC(C)Oc1nc(/N=C/N(C)C)nc2nc[nH]c12. The highest BCUT2D eigenvalue weighted by atomic mass is 16.5. The molecular weight excluding hydrogens is 232 g/mol. The molecule has 2 aromatic heterocycles. The van der Waals surface area contributed by atoms with Crippen LogP contribution in [-0.2, 0) is 0 Å². The Hall–Kier alpha value is -2.18. The van der Waals surface area contributed by atoms with Gasteiger partial charge in [-0.25, -0.2) is 9.98 Å². The van der Waals surface area contributed by atoms with Crippen LogP contribution in [0.5, 0.6) is 5.88 Å². The number of imidazole rings is 1. The molecule has 0 aromatic carbocycles. The van der Waals surface area contributed by atoms with Crippen LogP contribution in [0.3, 0.4) is 0 Å². The van der Waals surface area contributed by atoms with Crippen molar-refractivity contribution in [2.75, 3.05) is 14.1 Å². The Kier molecular flexibility index (Phi) is 3.40. The van der Waals surface area contributed by atoms with E-state index in [1.54, 1.807) is 17.6 Å². The van der Waals surface area contributed by atoms with Gasteiger partial charge in [-0.1, -0.05) is 0 Å². The largest absolute Gasteiger partial charge is 0.473 e. The molecular formula is C11H16N6O. The molecule has 0 atom stereocenters. The molecule has 0 fully saturated rings. The summed E-state index contributed by atoms with van der Waals surface area (Å²) in [5, 5.41) is 0. The zero-order valence-electron chi connectivity index (χ0n) is 10.9. The van der Waals surface area contributed by atoms with Gasteiger partial charge in [-0.15, -0.1) is 0 Å². The normalized spacial score (nSPS) is 11.6. The minimum absolute atomic E-state index is 0.0251. The van der Waals surface area contributed by atoms with Gasteiger partial charge in [0.25, 0.3) is 5.95 Å². The Morgan fingerprint density at radius 2 is 2.17 bits per heavy atom. The van der Waals surface area contributed by atoms with E-state index in [2.05, 4.69) is 24.9 Å². The number of aliphatic imine (C=N–C) groups is 1. The number of hydrogen-bond donors (Lipinski definition) is 1. The maximum atomic E-state index is 5.62. The van der Waals surface area contributed by atoms with E-state index >= 15 is 0 Å². The zero-order valence-corrected chi connectivity index (χ0v) is 10.9. The Bertz CT molecular complexity index is 560. The minimum Gasteiger partial charge on any atom is -0.473 e. The van der Waals surface area contributed by atoms with Crippen LogP contribution < -0.4 is 4.74 Å². The standard InChI is InChI=1S/C11H16N6O/c1-7(2)18-10-8-9(13-5-12-8)15-11(16-10)14-6-17(3)4/h5-7H,1-4H3,(H,12,13,15,16)/b14-6+. The second-order valence-electron chi connectivity index (χ2n) is 4.30. The predicted octanol–water partition coefficient (Wildman–Crippen LogP) is 1.36. The van der Waals surface area contributed by atoms with Crippen LogP contribution in [0, 0.1) is 0 Å². The van der Waals surface area contributed by atoms with Gasteiger partial charge in [-0.05, 0) is 13.8 Å². The summed E-state index contributed by atoms with van der Waals surface area (Å²) < 4.78 is 5.62. The first-order valence-corrected chi connectivity index (χ1v) is 5.64. The number of fused-ring (bicyclic) bond motifs is 1. The Balaban J connectivity index is 2.43. The van der Waals surface area contributed by atoms with Gasteiger partial charge in [-0.3, -0.25) is 0 Å². The topological polar surface area (TPSA) is 79.3 Å². The summed E-state index contributed by atoms with van der Waals surface area (Å²) in [6, 6.07) is 0. The van der Waals surface area contributed by atoms with E-state index in [0.29, 0.717) is 23.0 Å². The Morgan fingerprint density at radius 3 is 2.83 bits per heavy atom. The smallest absolute Gasteiger partial charge is 0.256 e. The van der Waals surface area contributed by atoms with Crippen molar-refractivity contribution in [1.29, 1.82) is 0 Å². The summed E-state index contributed by atoms with van der Waals surface area (Å²) in [7, 11) is 3.75. The van der Waals surface area contributed by atoms with Gasteiger partial charge in [0, 0.05) is 14.1 Å². The molecule has 18 heavy (non-hydrogen) atoms. The number of aromatic nitrogens is 4. The van der Waals surface area contributed by atoms with E-state index in [1.165, 1.54) is 0 Å². The number of hydrogen-bond acceptors (Lipinski definition) is 5. The lowest BCUT2D eigenvalue weighted by Crippen LogP contribution is -2.09. The highest BCUT2D eigenvalue weighted by molar-refractivity contribution is 5.77. The van der Waals surface area contributed by atoms with E-state index in [9.17, 15) is 0 Å². The maximum absolute atomic E-state index is 5.62. The number of aromatic amines is 1. The summed E-state index contributed by atoms with van der Waals surface area (Å²) in [5.41, 5.74) is 1.24. The molecule has 0 spiro atoms. The lowest BCUT2D eigenvalue weighted by atomic mass is 10.4. The van der Waals surface area contributed by atoms with Gasteiger partial charge in [-0.2, -0.15) is 9.97 Å². The highest BCUT2D eigenvalue weighted by Gasteiger charge is 2.11. The Morgan fingerprint density at radius 1 is 1.39 bits per heavy atom. The van der Waals surface area contributed by atoms with Crippen LogP contribution in [0.1, 0.15) is 13.8 Å². The molecule has 0 amide bonds. The third-order valence-electron chi connectivity index (χ3n) is 1.99. The van der Waals surface area contributed by atoms with Crippen molar-refractivity contribution in [3.8, 4) is 5.88 Å². The summed E-state index contributed by atoms with van der Waals surface area (Å²) in [5.74, 6) is 0.803. The third kappa shape index (κ3) is 2.73. The molecule has 0 aliphatic rings. The number of H-pyrrole nitrogens is 1. The van der Waals surface area contributed by atoms with Crippen LogP contribution in [0.2, 0.25) is 0 Å².